The molecule has 0 radical (unpaired) electrons. The Hall–Kier alpha value is -1.95. The van der Waals surface area contributed by atoms with Crippen molar-refractivity contribution in [2.24, 2.45) is 23.0 Å². The Morgan fingerprint density at radius 3 is 2.70 bits per heavy atom. The van der Waals surface area contributed by atoms with Crippen LogP contribution in [0.4, 0.5) is 0 Å². The first-order valence-electron chi connectivity index (χ1n) is 7.90. The van der Waals surface area contributed by atoms with Gasteiger partial charge in [0.25, 0.3) is 0 Å². The van der Waals surface area contributed by atoms with E-state index >= 15 is 0 Å². The minimum Gasteiger partial charge on any atom is -0.467 e. The van der Waals surface area contributed by atoms with E-state index in [4.69, 9.17) is 10.5 Å². The molecule has 6 nitrogen and oxygen atoms in total. The average Bonchev–Trinajstić information content (AvgIpc) is 2.89. The van der Waals surface area contributed by atoms with Gasteiger partial charge in [0.2, 0.25) is 5.91 Å². The summed E-state index contributed by atoms with van der Waals surface area (Å²) >= 11 is 0. The number of esters is 1. The molecule has 1 saturated carbocycles. The van der Waals surface area contributed by atoms with Crippen LogP contribution in [0, 0.1) is 17.3 Å². The number of likely N-dealkylation sites (tertiary alicyclic amines) is 1. The molecule has 2 aliphatic rings. The lowest BCUT2D eigenvalue weighted by atomic mass is 9.99. The van der Waals surface area contributed by atoms with Crippen molar-refractivity contribution in [3.05, 3.63) is 30.1 Å². The second-order valence-corrected chi connectivity index (χ2v) is 7.08. The van der Waals surface area contributed by atoms with E-state index in [1.54, 1.807) is 17.3 Å². The topological polar surface area (TPSA) is 85.5 Å². The van der Waals surface area contributed by atoms with E-state index in [2.05, 4.69) is 18.8 Å². The van der Waals surface area contributed by atoms with Gasteiger partial charge in [0.05, 0.1) is 13.2 Å². The van der Waals surface area contributed by atoms with Crippen molar-refractivity contribution in [1.82, 2.24) is 9.88 Å². The number of pyridine rings is 1. The SMILES string of the molecule is COC(=O)[C@@H]1[C@@H]2[C@H](CN1C(=O)[C@@H](N)Cc1ccncc1)C2(C)C. The standard InChI is InChI=1S/C17H23N3O3/c1-17(2)11-9-20(14(13(11)17)16(22)23-3)15(21)12(18)8-10-4-6-19-7-5-10/h4-7,11-14H,8-9,18H2,1-3H3/t11-,12-,13-,14-/m0/s1. The lowest BCUT2D eigenvalue weighted by Gasteiger charge is -2.31. The summed E-state index contributed by atoms with van der Waals surface area (Å²) in [5.74, 6) is 0.00319. The average molecular weight is 317 g/mol. The van der Waals surface area contributed by atoms with Crippen molar-refractivity contribution in [2.45, 2.75) is 32.4 Å². The van der Waals surface area contributed by atoms with Gasteiger partial charge in [-0.15, -0.1) is 0 Å². The Morgan fingerprint density at radius 2 is 2.09 bits per heavy atom. The van der Waals surface area contributed by atoms with Gasteiger partial charge in [-0.3, -0.25) is 9.78 Å². The number of nitrogens with two attached hydrogens (primary N) is 1. The first-order valence-corrected chi connectivity index (χ1v) is 7.90. The minimum absolute atomic E-state index is 0.0881. The fraction of sp³-hybridized carbons (Fsp3) is 0.588. The summed E-state index contributed by atoms with van der Waals surface area (Å²) in [6.07, 6.45) is 3.79. The normalized spacial score (nSPS) is 28.9. The van der Waals surface area contributed by atoms with Crippen LogP contribution in [0.1, 0.15) is 19.4 Å². The van der Waals surface area contributed by atoms with Gasteiger partial charge in [0.1, 0.15) is 6.04 Å². The van der Waals surface area contributed by atoms with Gasteiger partial charge in [-0.05, 0) is 35.4 Å². The molecular formula is C17H23N3O3. The van der Waals surface area contributed by atoms with Crippen molar-refractivity contribution in [3.63, 3.8) is 0 Å². The summed E-state index contributed by atoms with van der Waals surface area (Å²) in [7, 11) is 1.37. The molecular weight excluding hydrogens is 294 g/mol. The van der Waals surface area contributed by atoms with Gasteiger partial charge >= 0.3 is 5.97 Å². The minimum atomic E-state index is -0.662. The number of carbonyl (C=O) groups is 2. The van der Waals surface area contributed by atoms with E-state index in [9.17, 15) is 9.59 Å². The van der Waals surface area contributed by atoms with E-state index < -0.39 is 12.1 Å². The zero-order valence-electron chi connectivity index (χ0n) is 13.7. The molecule has 0 unspecified atom stereocenters. The van der Waals surface area contributed by atoms with Gasteiger partial charge < -0.3 is 15.4 Å². The summed E-state index contributed by atoms with van der Waals surface area (Å²) in [6, 6.07) is 2.52. The highest BCUT2D eigenvalue weighted by Crippen LogP contribution is 2.65. The van der Waals surface area contributed by atoms with Crippen LogP contribution in [0.15, 0.2) is 24.5 Å². The van der Waals surface area contributed by atoms with Crippen LogP contribution < -0.4 is 5.73 Å². The van der Waals surface area contributed by atoms with Crippen LogP contribution in [0.25, 0.3) is 0 Å². The van der Waals surface area contributed by atoms with Gasteiger partial charge in [0.15, 0.2) is 0 Å². The number of hydrogen-bond acceptors (Lipinski definition) is 5. The summed E-state index contributed by atoms with van der Waals surface area (Å²) in [5, 5.41) is 0. The van der Waals surface area contributed by atoms with Crippen molar-refractivity contribution in [2.75, 3.05) is 13.7 Å². The van der Waals surface area contributed by atoms with Crippen LogP contribution in [-0.4, -0.2) is 47.5 Å². The predicted octanol–water partition coefficient (Wildman–Crippen LogP) is 0.607. The van der Waals surface area contributed by atoms with Gasteiger partial charge in [-0.2, -0.15) is 0 Å². The monoisotopic (exact) mass is 317 g/mol. The second-order valence-electron chi connectivity index (χ2n) is 7.08. The molecule has 0 aromatic carbocycles. The molecule has 1 saturated heterocycles. The third-order valence-corrected chi connectivity index (χ3v) is 5.46. The van der Waals surface area contributed by atoms with E-state index in [1.165, 1.54) is 7.11 Å². The third-order valence-electron chi connectivity index (χ3n) is 5.46. The van der Waals surface area contributed by atoms with Crippen LogP contribution in [0.2, 0.25) is 0 Å². The lowest BCUT2D eigenvalue weighted by molar-refractivity contribution is -0.153. The number of aromatic nitrogens is 1. The number of rotatable bonds is 4. The molecule has 0 bridgehead atoms. The number of ether oxygens (including phenoxy) is 1. The van der Waals surface area contributed by atoms with E-state index in [0.717, 1.165) is 5.56 Å². The summed E-state index contributed by atoms with van der Waals surface area (Å²) < 4.78 is 4.92. The molecule has 1 aliphatic heterocycles. The van der Waals surface area contributed by atoms with E-state index in [0.29, 0.717) is 18.9 Å². The maximum absolute atomic E-state index is 12.7. The molecule has 23 heavy (non-hydrogen) atoms. The molecule has 1 amide bonds. The zero-order valence-corrected chi connectivity index (χ0v) is 13.7. The summed E-state index contributed by atoms with van der Waals surface area (Å²) in [6.45, 7) is 4.86. The molecule has 3 rings (SSSR count). The highest BCUT2D eigenvalue weighted by atomic mass is 16.5. The number of methoxy groups -OCH3 is 1. The number of nitrogens with zero attached hydrogens (tertiary/aromatic N) is 2. The molecule has 2 heterocycles. The van der Waals surface area contributed by atoms with Crippen molar-refractivity contribution < 1.29 is 14.3 Å². The molecule has 1 aromatic rings. The molecule has 2 fully saturated rings. The number of amides is 1. The quantitative estimate of drug-likeness (QED) is 0.822. The van der Waals surface area contributed by atoms with Crippen LogP contribution >= 0.6 is 0 Å². The lowest BCUT2D eigenvalue weighted by Crippen LogP contribution is -2.52. The van der Waals surface area contributed by atoms with E-state index in [-0.39, 0.29) is 23.2 Å². The van der Waals surface area contributed by atoms with E-state index in [1.807, 2.05) is 12.1 Å². The van der Waals surface area contributed by atoms with Crippen LogP contribution in [-0.2, 0) is 20.7 Å². The maximum atomic E-state index is 12.7. The van der Waals surface area contributed by atoms with Gasteiger partial charge in [0, 0.05) is 24.9 Å². The maximum Gasteiger partial charge on any atom is 0.328 e. The Morgan fingerprint density at radius 1 is 1.43 bits per heavy atom. The Balaban J connectivity index is 1.73. The molecule has 1 aromatic heterocycles. The third kappa shape index (κ3) is 2.61. The van der Waals surface area contributed by atoms with Gasteiger partial charge in [-0.25, -0.2) is 4.79 Å². The Labute approximate surface area is 136 Å². The van der Waals surface area contributed by atoms with Crippen molar-refractivity contribution in [1.29, 1.82) is 0 Å². The molecule has 124 valence electrons. The molecule has 6 heteroatoms. The number of hydrogen-bond donors (Lipinski definition) is 1. The number of piperidine rings is 1. The molecule has 2 N–H and O–H groups in total. The predicted molar refractivity (Wildman–Crippen MR) is 84.2 cm³/mol. The first-order chi connectivity index (χ1) is 10.9. The first kappa shape index (κ1) is 15.9. The molecule has 1 aliphatic carbocycles. The smallest absolute Gasteiger partial charge is 0.328 e. The fourth-order valence-electron chi connectivity index (χ4n) is 3.98. The summed E-state index contributed by atoms with van der Waals surface area (Å²) in [5.41, 5.74) is 7.14. The molecule has 4 atom stereocenters. The Bertz CT molecular complexity index is 617. The summed E-state index contributed by atoms with van der Waals surface area (Å²) in [4.78, 5) is 30.5. The zero-order chi connectivity index (χ0) is 16.8. The highest BCUT2D eigenvalue weighted by Gasteiger charge is 2.69. The largest absolute Gasteiger partial charge is 0.467 e. The van der Waals surface area contributed by atoms with Crippen molar-refractivity contribution in [3.8, 4) is 0 Å². The van der Waals surface area contributed by atoms with Crippen LogP contribution in [0.5, 0.6) is 0 Å². The number of fused-ring (bicyclic) bond motifs is 1. The second kappa shape index (κ2) is 5.60. The van der Waals surface area contributed by atoms with Crippen molar-refractivity contribution >= 4 is 11.9 Å². The Kier molecular flexibility index (Phi) is 3.88. The molecule has 0 spiro atoms. The number of carbonyl (C=O) groups excluding carboxylic acids is 2. The fourth-order valence-corrected chi connectivity index (χ4v) is 3.98. The highest BCUT2D eigenvalue weighted by molar-refractivity contribution is 5.89. The van der Waals surface area contributed by atoms with Gasteiger partial charge in [-0.1, -0.05) is 13.8 Å². The van der Waals surface area contributed by atoms with Crippen LogP contribution in [0.3, 0.4) is 0 Å².